The fourth-order valence-corrected chi connectivity index (χ4v) is 2.43. The number of carboxylic acid groups (broad SMARTS) is 1. The van der Waals surface area contributed by atoms with Crippen LogP contribution in [0.15, 0.2) is 30.3 Å². The van der Waals surface area contributed by atoms with E-state index in [2.05, 4.69) is 0 Å². The molecule has 0 aliphatic heterocycles. The molecule has 0 fully saturated rings. The van der Waals surface area contributed by atoms with E-state index >= 15 is 0 Å². The Morgan fingerprint density at radius 3 is 2.40 bits per heavy atom. The molecule has 5 heteroatoms. The monoisotopic (exact) mass is 310 g/mol. The van der Waals surface area contributed by atoms with Gasteiger partial charge in [-0.05, 0) is 36.2 Å². The number of benzene rings is 2. The first-order valence-electron chi connectivity index (χ1n) is 5.81. The van der Waals surface area contributed by atoms with Crippen LogP contribution in [0.1, 0.15) is 15.9 Å². The van der Waals surface area contributed by atoms with Crippen LogP contribution >= 0.6 is 23.2 Å². The summed E-state index contributed by atoms with van der Waals surface area (Å²) in [7, 11) is 1.51. The summed E-state index contributed by atoms with van der Waals surface area (Å²) in [4.78, 5) is 11.1. The number of methoxy groups -OCH3 is 1. The number of ether oxygens (including phenoxy) is 1. The lowest BCUT2D eigenvalue weighted by Gasteiger charge is -2.12. The predicted molar refractivity (Wildman–Crippen MR) is 80.1 cm³/mol. The normalized spacial score (nSPS) is 10.4. The Bertz CT molecular complexity index is 681. The molecule has 0 spiro atoms. The summed E-state index contributed by atoms with van der Waals surface area (Å²) in [5, 5.41) is 9.95. The minimum atomic E-state index is -0.984. The van der Waals surface area contributed by atoms with Gasteiger partial charge in [0.25, 0.3) is 0 Å². The van der Waals surface area contributed by atoms with Crippen molar-refractivity contribution in [2.45, 2.75) is 6.92 Å². The van der Waals surface area contributed by atoms with E-state index in [1.54, 1.807) is 30.3 Å². The molecule has 0 atom stereocenters. The zero-order valence-electron chi connectivity index (χ0n) is 10.9. The van der Waals surface area contributed by atoms with E-state index in [1.807, 2.05) is 6.92 Å². The van der Waals surface area contributed by atoms with Gasteiger partial charge in [0.05, 0.1) is 22.7 Å². The fraction of sp³-hybridized carbons (Fsp3) is 0.133. The molecule has 0 saturated heterocycles. The molecule has 0 aliphatic rings. The van der Waals surface area contributed by atoms with Gasteiger partial charge in [0.1, 0.15) is 5.75 Å². The third kappa shape index (κ3) is 2.74. The van der Waals surface area contributed by atoms with Crippen molar-refractivity contribution >= 4 is 29.2 Å². The van der Waals surface area contributed by atoms with Gasteiger partial charge in [-0.2, -0.15) is 0 Å². The molecule has 0 aliphatic carbocycles. The molecule has 1 N–H and O–H groups in total. The minimum absolute atomic E-state index is 0.202. The van der Waals surface area contributed by atoms with Crippen LogP contribution < -0.4 is 4.74 Å². The van der Waals surface area contributed by atoms with Crippen molar-refractivity contribution in [2.75, 3.05) is 7.11 Å². The summed E-state index contributed by atoms with van der Waals surface area (Å²) in [5.74, 6) is -0.505. The number of rotatable bonds is 3. The Hall–Kier alpha value is -1.71. The van der Waals surface area contributed by atoms with E-state index < -0.39 is 5.97 Å². The number of aromatic carboxylic acids is 1. The van der Waals surface area contributed by atoms with E-state index in [0.717, 1.165) is 11.1 Å². The average Bonchev–Trinajstić information content (AvgIpc) is 2.41. The number of aryl methyl sites for hydroxylation is 1. The van der Waals surface area contributed by atoms with Crippen molar-refractivity contribution in [3.8, 4) is 16.9 Å². The molecule has 20 heavy (non-hydrogen) atoms. The fourth-order valence-electron chi connectivity index (χ4n) is 1.94. The Balaban J connectivity index is 2.65. The maximum atomic E-state index is 11.1. The number of hydrogen-bond acceptors (Lipinski definition) is 2. The molecule has 2 rings (SSSR count). The molecular formula is C15H12Cl2O3. The van der Waals surface area contributed by atoms with Gasteiger partial charge in [-0.1, -0.05) is 29.3 Å². The number of carboxylic acids is 1. The second kappa shape index (κ2) is 5.73. The number of halogens is 2. The van der Waals surface area contributed by atoms with Crippen LogP contribution in [-0.2, 0) is 0 Å². The number of carbonyl (C=O) groups is 1. The maximum Gasteiger partial charge on any atom is 0.335 e. The Labute approximate surface area is 126 Å². The summed E-state index contributed by atoms with van der Waals surface area (Å²) in [6, 6.07) is 8.18. The highest BCUT2D eigenvalue weighted by Gasteiger charge is 2.13. The van der Waals surface area contributed by atoms with Crippen molar-refractivity contribution in [1.82, 2.24) is 0 Å². The predicted octanol–water partition coefficient (Wildman–Crippen LogP) is 4.68. The molecule has 104 valence electrons. The standard InChI is InChI=1S/C15H12Cl2O3/c1-8-3-4-9(15(18)19)5-10(8)11-6-13(17)14(20-2)7-12(11)16/h3-7H,1-2H3,(H,18,19). The topological polar surface area (TPSA) is 46.5 Å². The third-order valence-electron chi connectivity index (χ3n) is 3.02. The Morgan fingerprint density at radius 1 is 1.10 bits per heavy atom. The largest absolute Gasteiger partial charge is 0.495 e. The van der Waals surface area contributed by atoms with Crippen LogP contribution in [0.5, 0.6) is 5.75 Å². The molecule has 0 unspecified atom stereocenters. The first-order chi connectivity index (χ1) is 9.43. The first kappa shape index (κ1) is 14.7. The van der Waals surface area contributed by atoms with E-state index in [0.29, 0.717) is 21.4 Å². The summed E-state index contributed by atoms with van der Waals surface area (Å²) in [6.45, 7) is 1.88. The highest BCUT2D eigenvalue weighted by molar-refractivity contribution is 6.36. The van der Waals surface area contributed by atoms with Gasteiger partial charge < -0.3 is 9.84 Å². The smallest absolute Gasteiger partial charge is 0.335 e. The van der Waals surface area contributed by atoms with Crippen LogP contribution in [0.3, 0.4) is 0 Å². The first-order valence-corrected chi connectivity index (χ1v) is 6.57. The van der Waals surface area contributed by atoms with Gasteiger partial charge >= 0.3 is 5.97 Å². The Morgan fingerprint density at radius 2 is 1.80 bits per heavy atom. The van der Waals surface area contributed by atoms with E-state index in [-0.39, 0.29) is 5.56 Å². The zero-order valence-corrected chi connectivity index (χ0v) is 12.4. The van der Waals surface area contributed by atoms with Crippen LogP contribution in [-0.4, -0.2) is 18.2 Å². The van der Waals surface area contributed by atoms with E-state index in [9.17, 15) is 4.79 Å². The molecular weight excluding hydrogens is 299 g/mol. The van der Waals surface area contributed by atoms with E-state index in [1.165, 1.54) is 7.11 Å². The van der Waals surface area contributed by atoms with Gasteiger partial charge in [0.2, 0.25) is 0 Å². The molecule has 0 amide bonds. The lowest BCUT2D eigenvalue weighted by atomic mass is 9.98. The molecule has 0 aromatic heterocycles. The van der Waals surface area contributed by atoms with Gasteiger partial charge in [0, 0.05) is 11.6 Å². The highest BCUT2D eigenvalue weighted by atomic mass is 35.5. The molecule has 0 radical (unpaired) electrons. The van der Waals surface area contributed by atoms with Crippen molar-refractivity contribution in [1.29, 1.82) is 0 Å². The summed E-state index contributed by atoms with van der Waals surface area (Å²) >= 11 is 12.3. The van der Waals surface area contributed by atoms with Gasteiger partial charge in [-0.3, -0.25) is 0 Å². The maximum absolute atomic E-state index is 11.1. The molecule has 0 heterocycles. The van der Waals surface area contributed by atoms with Gasteiger partial charge in [0.15, 0.2) is 0 Å². The summed E-state index contributed by atoms with van der Waals surface area (Å²) in [5.41, 5.74) is 2.53. The van der Waals surface area contributed by atoms with E-state index in [4.69, 9.17) is 33.0 Å². The summed E-state index contributed by atoms with van der Waals surface area (Å²) < 4.78 is 5.10. The van der Waals surface area contributed by atoms with Crippen LogP contribution in [0.4, 0.5) is 0 Å². The van der Waals surface area contributed by atoms with Gasteiger partial charge in [-0.15, -0.1) is 0 Å². The molecule has 3 nitrogen and oxygen atoms in total. The minimum Gasteiger partial charge on any atom is -0.495 e. The molecule has 0 saturated carbocycles. The summed E-state index contributed by atoms with van der Waals surface area (Å²) in [6.07, 6.45) is 0. The average molecular weight is 311 g/mol. The second-order valence-electron chi connectivity index (χ2n) is 4.30. The number of hydrogen-bond donors (Lipinski definition) is 1. The van der Waals surface area contributed by atoms with Crippen LogP contribution in [0, 0.1) is 6.92 Å². The van der Waals surface area contributed by atoms with Crippen molar-refractivity contribution in [2.24, 2.45) is 0 Å². The zero-order chi connectivity index (χ0) is 14.9. The SMILES string of the molecule is COc1cc(Cl)c(-c2cc(C(=O)O)ccc2C)cc1Cl. The quantitative estimate of drug-likeness (QED) is 0.895. The van der Waals surface area contributed by atoms with Crippen LogP contribution in [0.2, 0.25) is 10.0 Å². The van der Waals surface area contributed by atoms with Crippen molar-refractivity contribution in [3.05, 3.63) is 51.5 Å². The van der Waals surface area contributed by atoms with Crippen molar-refractivity contribution < 1.29 is 14.6 Å². The van der Waals surface area contributed by atoms with Gasteiger partial charge in [-0.25, -0.2) is 4.79 Å². The van der Waals surface area contributed by atoms with Crippen molar-refractivity contribution in [3.63, 3.8) is 0 Å². The molecule has 0 bridgehead atoms. The molecule has 2 aromatic rings. The molecule has 2 aromatic carbocycles. The third-order valence-corrected chi connectivity index (χ3v) is 3.62. The lowest BCUT2D eigenvalue weighted by molar-refractivity contribution is 0.0697. The van der Waals surface area contributed by atoms with Crippen LogP contribution in [0.25, 0.3) is 11.1 Å². The highest BCUT2D eigenvalue weighted by Crippen LogP contribution is 2.38. The second-order valence-corrected chi connectivity index (χ2v) is 5.12. The Kier molecular flexibility index (Phi) is 4.21. The lowest BCUT2D eigenvalue weighted by Crippen LogP contribution is -1.97.